The second kappa shape index (κ2) is 5.71. The highest BCUT2D eigenvalue weighted by Crippen LogP contribution is 2.28. The van der Waals surface area contributed by atoms with E-state index in [1.807, 2.05) is 0 Å². The van der Waals surface area contributed by atoms with Crippen LogP contribution in [-0.4, -0.2) is 5.78 Å². The summed E-state index contributed by atoms with van der Waals surface area (Å²) in [6, 6.07) is 10.7. The second-order valence-electron chi connectivity index (χ2n) is 4.24. The molecule has 0 aliphatic rings. The Morgan fingerprint density at radius 1 is 1.00 bits per heavy atom. The average molecular weight is 289 g/mol. The lowest BCUT2D eigenvalue weighted by Gasteiger charge is -2.05. The third-order valence-corrected chi connectivity index (χ3v) is 2.74. The number of carbonyl (C=O) groups is 1. The van der Waals surface area contributed by atoms with E-state index in [4.69, 9.17) is 5.73 Å². The number of hydrogen-bond acceptors (Lipinski definition) is 2. The van der Waals surface area contributed by atoms with Crippen LogP contribution in [0.4, 0.5) is 18.9 Å². The summed E-state index contributed by atoms with van der Waals surface area (Å²) in [7, 11) is 0. The topological polar surface area (TPSA) is 43.1 Å². The van der Waals surface area contributed by atoms with Crippen LogP contribution >= 0.6 is 0 Å². The van der Waals surface area contributed by atoms with Crippen LogP contribution in [0.2, 0.25) is 0 Å². The Morgan fingerprint density at radius 3 is 2.19 bits per heavy atom. The molecule has 0 aromatic heterocycles. The van der Waals surface area contributed by atoms with Crippen molar-refractivity contribution in [2.75, 3.05) is 5.73 Å². The van der Waals surface area contributed by atoms with Crippen molar-refractivity contribution in [3.8, 4) is 11.8 Å². The van der Waals surface area contributed by atoms with Crippen LogP contribution < -0.4 is 5.73 Å². The predicted octanol–water partition coefficient (Wildman–Crippen LogP) is 3.52. The van der Waals surface area contributed by atoms with Gasteiger partial charge in [0.1, 0.15) is 0 Å². The van der Waals surface area contributed by atoms with Gasteiger partial charge >= 0.3 is 6.18 Å². The van der Waals surface area contributed by atoms with Gasteiger partial charge in [0.05, 0.1) is 11.1 Å². The first-order valence-corrected chi connectivity index (χ1v) is 5.96. The van der Waals surface area contributed by atoms with Crippen molar-refractivity contribution in [2.24, 2.45) is 0 Å². The molecule has 0 bridgehead atoms. The number of carbonyl (C=O) groups excluding carboxylic acids is 1. The van der Waals surface area contributed by atoms with Crippen molar-refractivity contribution in [1.82, 2.24) is 0 Å². The van der Waals surface area contributed by atoms with Gasteiger partial charge in [-0.05, 0) is 42.3 Å². The van der Waals surface area contributed by atoms with Crippen molar-refractivity contribution in [1.29, 1.82) is 0 Å². The first-order valence-electron chi connectivity index (χ1n) is 5.96. The van der Waals surface area contributed by atoms with E-state index in [2.05, 4.69) is 11.8 Å². The number of rotatable bonds is 1. The summed E-state index contributed by atoms with van der Waals surface area (Å²) < 4.78 is 37.2. The summed E-state index contributed by atoms with van der Waals surface area (Å²) in [5.41, 5.74) is 5.80. The Bertz CT molecular complexity index is 722. The number of hydrogen-bond donors (Lipinski definition) is 1. The van der Waals surface area contributed by atoms with Crippen LogP contribution in [-0.2, 0) is 6.18 Å². The van der Waals surface area contributed by atoms with E-state index in [-0.39, 0.29) is 5.56 Å². The Hall–Kier alpha value is -2.74. The van der Waals surface area contributed by atoms with Gasteiger partial charge in [-0.2, -0.15) is 13.2 Å². The Labute approximate surface area is 119 Å². The van der Waals surface area contributed by atoms with Gasteiger partial charge < -0.3 is 5.73 Å². The summed E-state index contributed by atoms with van der Waals surface area (Å²) in [5, 5.41) is 0. The number of benzene rings is 2. The van der Waals surface area contributed by atoms with Crippen molar-refractivity contribution in [2.45, 2.75) is 6.18 Å². The molecule has 2 N–H and O–H groups in total. The van der Waals surface area contributed by atoms with Crippen LogP contribution in [0.25, 0.3) is 0 Å². The number of anilines is 1. The van der Waals surface area contributed by atoms with Gasteiger partial charge in [-0.15, -0.1) is 0 Å². The summed E-state index contributed by atoms with van der Waals surface area (Å²) in [4.78, 5) is 11.8. The van der Waals surface area contributed by atoms with Crippen molar-refractivity contribution in [3.05, 3.63) is 65.2 Å². The molecular weight excluding hydrogens is 279 g/mol. The zero-order valence-corrected chi connectivity index (χ0v) is 10.7. The zero-order valence-electron chi connectivity index (χ0n) is 10.7. The number of Topliss-reactive ketones (excluding diaryl/α,β-unsaturated/α-hetero) is 1. The number of para-hydroxylation sites is 1. The number of nitrogen functional groups attached to an aromatic ring is 1. The summed E-state index contributed by atoms with van der Waals surface area (Å²) in [6.45, 7) is 0. The fourth-order valence-electron chi connectivity index (χ4n) is 1.64. The van der Waals surface area contributed by atoms with Crippen molar-refractivity contribution in [3.63, 3.8) is 0 Å². The molecule has 106 valence electrons. The minimum absolute atomic E-state index is 0.275. The maximum absolute atomic E-state index is 12.4. The van der Waals surface area contributed by atoms with Crippen molar-refractivity contribution >= 4 is 11.5 Å². The monoisotopic (exact) mass is 289 g/mol. The minimum atomic E-state index is -4.39. The van der Waals surface area contributed by atoms with Gasteiger partial charge in [0.15, 0.2) is 0 Å². The zero-order chi connectivity index (χ0) is 15.5. The lowest BCUT2D eigenvalue weighted by atomic mass is 10.1. The van der Waals surface area contributed by atoms with E-state index in [0.717, 1.165) is 12.1 Å². The molecule has 0 heterocycles. The van der Waals surface area contributed by atoms with E-state index < -0.39 is 17.5 Å². The van der Waals surface area contributed by atoms with Gasteiger partial charge in [0.2, 0.25) is 5.78 Å². The van der Waals surface area contributed by atoms with E-state index in [9.17, 15) is 18.0 Å². The quantitative estimate of drug-likeness (QED) is 0.496. The lowest BCUT2D eigenvalue weighted by molar-refractivity contribution is -0.137. The molecule has 21 heavy (non-hydrogen) atoms. The first kappa shape index (κ1) is 14.7. The van der Waals surface area contributed by atoms with Crippen molar-refractivity contribution < 1.29 is 18.0 Å². The molecule has 0 amide bonds. The molecule has 0 aliphatic heterocycles. The molecule has 0 unspecified atom stereocenters. The van der Waals surface area contributed by atoms with Crippen LogP contribution in [0.1, 0.15) is 21.5 Å². The molecule has 5 heteroatoms. The molecule has 0 radical (unpaired) electrons. The maximum Gasteiger partial charge on any atom is 0.416 e. The molecular formula is C16H10F3NO. The van der Waals surface area contributed by atoms with Crippen LogP contribution in [0, 0.1) is 11.8 Å². The average Bonchev–Trinajstić information content (AvgIpc) is 2.45. The molecule has 0 atom stereocenters. The fraction of sp³-hybridized carbons (Fsp3) is 0.0625. The number of ketones is 1. The van der Waals surface area contributed by atoms with Gasteiger partial charge in [0.25, 0.3) is 0 Å². The highest BCUT2D eigenvalue weighted by Gasteiger charge is 2.29. The molecule has 0 spiro atoms. The van der Waals surface area contributed by atoms with Gasteiger partial charge in [-0.3, -0.25) is 4.79 Å². The largest absolute Gasteiger partial charge is 0.416 e. The molecule has 2 aromatic carbocycles. The standard InChI is InChI=1S/C16H10F3NO/c17-16(18,19)12-8-5-11(6-9-12)7-10-15(21)13-3-1-2-4-14(13)20/h1-6,8-9H,20H2. The highest BCUT2D eigenvalue weighted by molar-refractivity contribution is 6.12. The molecule has 2 rings (SSSR count). The normalized spacial score (nSPS) is 10.6. The summed E-state index contributed by atoms with van der Waals surface area (Å²) in [5.74, 6) is 4.41. The van der Waals surface area contributed by atoms with E-state index in [1.165, 1.54) is 12.1 Å². The Morgan fingerprint density at radius 2 is 1.62 bits per heavy atom. The predicted molar refractivity (Wildman–Crippen MR) is 73.5 cm³/mol. The Kier molecular flexibility index (Phi) is 3.99. The smallest absolute Gasteiger partial charge is 0.398 e. The number of alkyl halides is 3. The molecule has 0 saturated carbocycles. The van der Waals surface area contributed by atoms with E-state index in [0.29, 0.717) is 11.3 Å². The SMILES string of the molecule is Nc1ccccc1C(=O)C#Cc1ccc(C(F)(F)F)cc1. The summed E-state index contributed by atoms with van der Waals surface area (Å²) in [6.07, 6.45) is -4.39. The molecule has 2 nitrogen and oxygen atoms in total. The molecule has 0 fully saturated rings. The number of nitrogens with two attached hydrogens (primary N) is 1. The molecule has 2 aromatic rings. The fourth-order valence-corrected chi connectivity index (χ4v) is 1.64. The van der Waals surface area contributed by atoms with E-state index >= 15 is 0 Å². The summed E-state index contributed by atoms with van der Waals surface area (Å²) >= 11 is 0. The molecule has 0 saturated heterocycles. The van der Waals surface area contributed by atoms with Crippen LogP contribution in [0.3, 0.4) is 0 Å². The highest BCUT2D eigenvalue weighted by atomic mass is 19.4. The number of halogens is 3. The van der Waals surface area contributed by atoms with Crippen LogP contribution in [0.15, 0.2) is 48.5 Å². The maximum atomic E-state index is 12.4. The van der Waals surface area contributed by atoms with Gasteiger partial charge in [-0.1, -0.05) is 18.1 Å². The Balaban J connectivity index is 2.20. The van der Waals surface area contributed by atoms with Gasteiger partial charge in [-0.25, -0.2) is 0 Å². The minimum Gasteiger partial charge on any atom is -0.398 e. The van der Waals surface area contributed by atoms with E-state index in [1.54, 1.807) is 24.3 Å². The molecule has 0 aliphatic carbocycles. The third kappa shape index (κ3) is 3.63. The third-order valence-electron chi connectivity index (χ3n) is 2.74. The second-order valence-corrected chi connectivity index (χ2v) is 4.24. The lowest BCUT2D eigenvalue weighted by Crippen LogP contribution is -2.04. The van der Waals surface area contributed by atoms with Crippen LogP contribution in [0.5, 0.6) is 0 Å². The first-order chi connectivity index (χ1) is 9.88. The van der Waals surface area contributed by atoms with Gasteiger partial charge in [0, 0.05) is 11.3 Å².